The highest BCUT2D eigenvalue weighted by molar-refractivity contribution is 6.30. The summed E-state index contributed by atoms with van der Waals surface area (Å²) in [7, 11) is 0. The van der Waals surface area contributed by atoms with Gasteiger partial charge in [-0.05, 0) is 12.1 Å². The van der Waals surface area contributed by atoms with Crippen molar-refractivity contribution in [3.05, 3.63) is 33.3 Å². The number of nitrogens with zero attached hydrogens (tertiary/aromatic N) is 2. The second-order valence-corrected chi connectivity index (χ2v) is 4.74. The van der Waals surface area contributed by atoms with Gasteiger partial charge < -0.3 is 10.1 Å². The van der Waals surface area contributed by atoms with Crippen LogP contribution in [0.2, 0.25) is 5.02 Å². The number of morpholine rings is 1. The Balaban J connectivity index is 1.89. The summed E-state index contributed by atoms with van der Waals surface area (Å²) in [4.78, 5) is 12.8. The maximum atomic E-state index is 10.9. The Morgan fingerprint density at radius 2 is 2.16 bits per heavy atom. The molecule has 1 saturated heterocycles. The van der Waals surface area contributed by atoms with Gasteiger partial charge in [0.2, 0.25) is 0 Å². The molecule has 0 bridgehead atoms. The van der Waals surface area contributed by atoms with Gasteiger partial charge >= 0.3 is 0 Å². The maximum Gasteiger partial charge on any atom is 0.293 e. The third-order valence-electron chi connectivity index (χ3n) is 3.00. The van der Waals surface area contributed by atoms with E-state index in [4.69, 9.17) is 16.3 Å². The fourth-order valence-electron chi connectivity index (χ4n) is 1.98. The lowest BCUT2D eigenvalue weighted by Crippen LogP contribution is -2.39. The minimum absolute atomic E-state index is 0.00878. The number of nitro groups is 1. The quantitative estimate of drug-likeness (QED) is 0.662. The van der Waals surface area contributed by atoms with E-state index in [1.807, 2.05) is 0 Å². The second kappa shape index (κ2) is 6.70. The van der Waals surface area contributed by atoms with E-state index >= 15 is 0 Å². The number of benzene rings is 1. The van der Waals surface area contributed by atoms with Gasteiger partial charge in [-0.1, -0.05) is 11.6 Å². The number of halogens is 1. The zero-order chi connectivity index (χ0) is 13.7. The highest BCUT2D eigenvalue weighted by Crippen LogP contribution is 2.27. The van der Waals surface area contributed by atoms with Crippen LogP contribution in [0.5, 0.6) is 0 Å². The molecule has 1 aromatic carbocycles. The van der Waals surface area contributed by atoms with Crippen LogP contribution in [-0.4, -0.2) is 49.2 Å². The summed E-state index contributed by atoms with van der Waals surface area (Å²) in [5.74, 6) is 0. The molecular formula is C12H16ClN3O3. The van der Waals surface area contributed by atoms with Crippen LogP contribution in [0.25, 0.3) is 0 Å². The van der Waals surface area contributed by atoms with E-state index in [1.165, 1.54) is 6.07 Å². The molecule has 0 radical (unpaired) electrons. The maximum absolute atomic E-state index is 10.9. The summed E-state index contributed by atoms with van der Waals surface area (Å²) in [5, 5.41) is 14.4. The van der Waals surface area contributed by atoms with Gasteiger partial charge in [-0.2, -0.15) is 0 Å². The van der Waals surface area contributed by atoms with Crippen LogP contribution < -0.4 is 5.32 Å². The summed E-state index contributed by atoms with van der Waals surface area (Å²) in [6, 6.07) is 4.64. The molecule has 0 spiro atoms. The van der Waals surface area contributed by atoms with E-state index in [1.54, 1.807) is 12.1 Å². The lowest BCUT2D eigenvalue weighted by Gasteiger charge is -2.26. The topological polar surface area (TPSA) is 67.6 Å². The number of nitrogens with one attached hydrogen (secondary N) is 1. The molecule has 1 fully saturated rings. The molecule has 0 aromatic heterocycles. The molecule has 2 rings (SSSR count). The SMILES string of the molecule is O=[N+]([O-])c1cc(Cl)ccc1NCCN1CCOCC1. The van der Waals surface area contributed by atoms with Gasteiger partial charge in [0.25, 0.3) is 5.69 Å². The number of rotatable bonds is 5. The molecule has 6 nitrogen and oxygen atoms in total. The Kier molecular flexibility index (Phi) is 4.95. The van der Waals surface area contributed by atoms with Gasteiger partial charge in [-0.3, -0.25) is 15.0 Å². The first-order valence-electron chi connectivity index (χ1n) is 6.15. The van der Waals surface area contributed by atoms with Crippen molar-refractivity contribution >= 4 is 23.0 Å². The average molecular weight is 286 g/mol. The molecule has 0 aliphatic carbocycles. The summed E-state index contributed by atoms with van der Waals surface area (Å²) < 4.78 is 5.26. The number of nitro benzene ring substituents is 1. The predicted octanol–water partition coefficient (Wildman–Crippen LogP) is 1.99. The molecule has 1 N–H and O–H groups in total. The Bertz CT molecular complexity index is 450. The molecular weight excluding hydrogens is 270 g/mol. The average Bonchev–Trinajstić information content (AvgIpc) is 2.41. The van der Waals surface area contributed by atoms with Crippen molar-refractivity contribution < 1.29 is 9.66 Å². The van der Waals surface area contributed by atoms with Crippen molar-refractivity contribution in [2.24, 2.45) is 0 Å². The zero-order valence-corrected chi connectivity index (χ0v) is 11.2. The lowest BCUT2D eigenvalue weighted by atomic mass is 10.2. The van der Waals surface area contributed by atoms with Gasteiger partial charge in [0.1, 0.15) is 5.69 Å². The molecule has 0 atom stereocenters. The number of hydrogen-bond donors (Lipinski definition) is 1. The molecule has 0 amide bonds. The molecule has 0 unspecified atom stereocenters. The Hall–Kier alpha value is -1.37. The Labute approximate surface area is 116 Å². The van der Waals surface area contributed by atoms with Crippen LogP contribution in [0.1, 0.15) is 0 Å². The summed E-state index contributed by atoms with van der Waals surface area (Å²) >= 11 is 5.76. The van der Waals surface area contributed by atoms with E-state index in [0.717, 1.165) is 32.8 Å². The standard InChI is InChI=1S/C12H16ClN3O3/c13-10-1-2-11(12(9-10)16(17)18)14-3-4-15-5-7-19-8-6-15/h1-2,9,14H,3-8H2. The minimum atomic E-state index is -0.428. The second-order valence-electron chi connectivity index (χ2n) is 4.30. The first-order valence-corrected chi connectivity index (χ1v) is 6.52. The van der Waals surface area contributed by atoms with Crippen LogP contribution in [0, 0.1) is 10.1 Å². The van der Waals surface area contributed by atoms with Crippen molar-refractivity contribution in [1.29, 1.82) is 0 Å². The van der Waals surface area contributed by atoms with E-state index < -0.39 is 4.92 Å². The van der Waals surface area contributed by atoms with Crippen molar-refractivity contribution in [3.63, 3.8) is 0 Å². The predicted molar refractivity (Wildman–Crippen MR) is 73.9 cm³/mol. The molecule has 1 aromatic rings. The Morgan fingerprint density at radius 3 is 2.84 bits per heavy atom. The van der Waals surface area contributed by atoms with E-state index in [-0.39, 0.29) is 5.69 Å². The lowest BCUT2D eigenvalue weighted by molar-refractivity contribution is -0.383. The third kappa shape index (κ3) is 4.05. The third-order valence-corrected chi connectivity index (χ3v) is 3.24. The van der Waals surface area contributed by atoms with Gasteiger partial charge in [0, 0.05) is 37.3 Å². The van der Waals surface area contributed by atoms with Gasteiger partial charge in [-0.25, -0.2) is 0 Å². The number of ether oxygens (including phenoxy) is 1. The van der Waals surface area contributed by atoms with Crippen LogP contribution in [0.4, 0.5) is 11.4 Å². The van der Waals surface area contributed by atoms with E-state index in [9.17, 15) is 10.1 Å². The molecule has 1 aliphatic heterocycles. The van der Waals surface area contributed by atoms with Gasteiger partial charge in [-0.15, -0.1) is 0 Å². The van der Waals surface area contributed by atoms with Crippen molar-refractivity contribution in [1.82, 2.24) is 4.90 Å². The first kappa shape index (κ1) is 14.0. The molecule has 1 aliphatic rings. The van der Waals surface area contributed by atoms with Gasteiger partial charge in [0.05, 0.1) is 18.1 Å². The number of hydrogen-bond acceptors (Lipinski definition) is 5. The smallest absolute Gasteiger partial charge is 0.293 e. The van der Waals surface area contributed by atoms with Crippen LogP contribution in [-0.2, 0) is 4.74 Å². The highest BCUT2D eigenvalue weighted by Gasteiger charge is 2.15. The normalized spacial score (nSPS) is 16.3. The summed E-state index contributed by atoms with van der Waals surface area (Å²) in [5.41, 5.74) is 0.511. The molecule has 0 saturated carbocycles. The summed E-state index contributed by atoms with van der Waals surface area (Å²) in [6.07, 6.45) is 0. The van der Waals surface area contributed by atoms with Crippen LogP contribution >= 0.6 is 11.6 Å². The molecule has 104 valence electrons. The molecule has 1 heterocycles. The van der Waals surface area contributed by atoms with Crippen LogP contribution in [0.15, 0.2) is 18.2 Å². The summed E-state index contributed by atoms with van der Waals surface area (Å²) in [6.45, 7) is 4.81. The first-order chi connectivity index (χ1) is 9.16. The van der Waals surface area contributed by atoms with E-state index in [0.29, 0.717) is 17.3 Å². The van der Waals surface area contributed by atoms with Crippen molar-refractivity contribution in [2.75, 3.05) is 44.7 Å². The van der Waals surface area contributed by atoms with Crippen LogP contribution in [0.3, 0.4) is 0 Å². The molecule has 7 heteroatoms. The largest absolute Gasteiger partial charge is 0.379 e. The monoisotopic (exact) mass is 285 g/mol. The fourth-order valence-corrected chi connectivity index (χ4v) is 2.15. The fraction of sp³-hybridized carbons (Fsp3) is 0.500. The molecule has 19 heavy (non-hydrogen) atoms. The highest BCUT2D eigenvalue weighted by atomic mass is 35.5. The van der Waals surface area contributed by atoms with Crippen molar-refractivity contribution in [2.45, 2.75) is 0 Å². The minimum Gasteiger partial charge on any atom is -0.379 e. The van der Waals surface area contributed by atoms with E-state index in [2.05, 4.69) is 10.2 Å². The Morgan fingerprint density at radius 1 is 1.42 bits per heavy atom. The zero-order valence-electron chi connectivity index (χ0n) is 10.5. The van der Waals surface area contributed by atoms with Gasteiger partial charge in [0.15, 0.2) is 0 Å². The number of anilines is 1. The van der Waals surface area contributed by atoms with Crippen molar-refractivity contribution in [3.8, 4) is 0 Å².